The molecular formula is C25H26F5N5O5. The van der Waals surface area contributed by atoms with Crippen molar-refractivity contribution in [3.8, 4) is 23.0 Å². The summed E-state index contributed by atoms with van der Waals surface area (Å²) in [7, 11) is 1.32. The lowest BCUT2D eigenvalue weighted by Crippen LogP contribution is -2.28. The molecule has 1 aromatic heterocycles. The van der Waals surface area contributed by atoms with E-state index >= 15 is 0 Å². The maximum Gasteiger partial charge on any atom is 0.491 e. The van der Waals surface area contributed by atoms with E-state index in [0.29, 0.717) is 24.2 Å². The van der Waals surface area contributed by atoms with Crippen molar-refractivity contribution in [1.29, 1.82) is 0 Å². The number of ether oxygens (including phenoxy) is 2. The normalized spacial score (nSPS) is 11.4. The van der Waals surface area contributed by atoms with Crippen LogP contribution in [0.25, 0.3) is 11.5 Å². The number of esters is 1. The Balaban J connectivity index is 1.73. The van der Waals surface area contributed by atoms with Crippen LogP contribution < -0.4 is 20.1 Å². The number of carbonyl (C=O) groups is 2. The standard InChI is InChI=1S/C25H26F5N5O5/c1-4-35(5-2)12-6-11-31-24-34-33-22(40-24)15-8-7-14(13-18(15)38-3)32-21(36)19-16(26)9-10-17(20(19)27)39-23(37)25(28,29)30/h7-10,13H,4-6,11-12H2,1-3H3,(H,31,34)(H,32,36). The van der Waals surface area contributed by atoms with E-state index < -0.39 is 41.0 Å². The molecule has 0 saturated heterocycles. The van der Waals surface area contributed by atoms with Crippen LogP contribution in [-0.2, 0) is 4.79 Å². The topological polar surface area (TPSA) is 119 Å². The van der Waals surface area contributed by atoms with E-state index in [1.165, 1.54) is 25.3 Å². The fourth-order valence-corrected chi connectivity index (χ4v) is 3.56. The maximum absolute atomic E-state index is 14.6. The molecule has 0 aliphatic rings. The molecule has 40 heavy (non-hydrogen) atoms. The zero-order chi connectivity index (χ0) is 29.4. The van der Waals surface area contributed by atoms with Crippen molar-refractivity contribution in [2.45, 2.75) is 26.4 Å². The molecule has 2 aromatic carbocycles. The third kappa shape index (κ3) is 7.43. The molecule has 0 radical (unpaired) electrons. The molecule has 1 heterocycles. The van der Waals surface area contributed by atoms with Crippen molar-refractivity contribution in [1.82, 2.24) is 15.1 Å². The van der Waals surface area contributed by atoms with Crippen LogP contribution in [0.2, 0.25) is 0 Å². The van der Waals surface area contributed by atoms with Gasteiger partial charge in [-0.2, -0.15) is 13.2 Å². The van der Waals surface area contributed by atoms with Crippen LogP contribution in [0.15, 0.2) is 34.7 Å². The van der Waals surface area contributed by atoms with Crippen LogP contribution in [-0.4, -0.2) is 66.4 Å². The fourth-order valence-electron chi connectivity index (χ4n) is 3.56. The second kappa shape index (κ2) is 13.2. The van der Waals surface area contributed by atoms with Crippen LogP contribution >= 0.6 is 0 Å². The number of halogens is 5. The Labute approximate surface area is 225 Å². The molecule has 15 heteroatoms. The number of alkyl halides is 3. The minimum absolute atomic E-state index is 0.0105. The number of nitrogens with zero attached hydrogens (tertiary/aromatic N) is 3. The number of nitrogens with one attached hydrogen (secondary N) is 2. The maximum atomic E-state index is 14.6. The first kappa shape index (κ1) is 30.3. The van der Waals surface area contributed by atoms with E-state index in [2.05, 4.69) is 44.3 Å². The van der Waals surface area contributed by atoms with Gasteiger partial charge in [-0.05, 0) is 50.3 Å². The molecule has 3 rings (SSSR count). The van der Waals surface area contributed by atoms with Gasteiger partial charge in [-0.25, -0.2) is 13.6 Å². The van der Waals surface area contributed by atoms with E-state index in [0.717, 1.165) is 26.1 Å². The van der Waals surface area contributed by atoms with Crippen LogP contribution in [0.3, 0.4) is 0 Å². The first-order chi connectivity index (χ1) is 19.0. The van der Waals surface area contributed by atoms with Gasteiger partial charge in [0.15, 0.2) is 11.6 Å². The van der Waals surface area contributed by atoms with Crippen molar-refractivity contribution in [2.75, 3.05) is 43.9 Å². The monoisotopic (exact) mass is 571 g/mol. The van der Waals surface area contributed by atoms with Gasteiger partial charge < -0.3 is 29.4 Å². The van der Waals surface area contributed by atoms with E-state index in [9.17, 15) is 31.5 Å². The van der Waals surface area contributed by atoms with Gasteiger partial charge in [-0.15, -0.1) is 5.10 Å². The average Bonchev–Trinajstić information content (AvgIpc) is 3.38. The molecule has 10 nitrogen and oxygen atoms in total. The summed E-state index contributed by atoms with van der Waals surface area (Å²) in [5.41, 5.74) is -0.900. The summed E-state index contributed by atoms with van der Waals surface area (Å²) in [6, 6.07) is 5.23. The van der Waals surface area contributed by atoms with Crippen molar-refractivity contribution in [2.24, 2.45) is 0 Å². The Morgan fingerprint density at radius 1 is 1.05 bits per heavy atom. The number of methoxy groups -OCH3 is 1. The molecule has 0 saturated carbocycles. The van der Waals surface area contributed by atoms with Crippen molar-refractivity contribution in [3.63, 3.8) is 0 Å². The molecular weight excluding hydrogens is 545 g/mol. The highest BCUT2D eigenvalue weighted by Gasteiger charge is 2.42. The van der Waals surface area contributed by atoms with Gasteiger partial charge in [0.2, 0.25) is 0 Å². The number of rotatable bonds is 12. The molecule has 216 valence electrons. The van der Waals surface area contributed by atoms with Crippen molar-refractivity contribution < 1.29 is 45.4 Å². The molecule has 1 amide bonds. The Hall–Kier alpha value is -4.27. The first-order valence-corrected chi connectivity index (χ1v) is 12.0. The third-order valence-electron chi connectivity index (χ3n) is 5.65. The van der Waals surface area contributed by atoms with Gasteiger partial charge in [0, 0.05) is 18.3 Å². The van der Waals surface area contributed by atoms with Gasteiger partial charge >= 0.3 is 18.2 Å². The molecule has 0 unspecified atom stereocenters. The third-order valence-corrected chi connectivity index (χ3v) is 5.65. The summed E-state index contributed by atoms with van der Waals surface area (Å²) >= 11 is 0. The number of anilines is 2. The van der Waals surface area contributed by atoms with Gasteiger partial charge in [-0.3, -0.25) is 4.79 Å². The SMILES string of the molecule is CCN(CC)CCCNc1nnc(-c2ccc(NC(=O)c3c(F)ccc(OC(=O)C(F)(F)F)c3F)cc2OC)o1. The zero-order valence-corrected chi connectivity index (χ0v) is 21.7. The summed E-state index contributed by atoms with van der Waals surface area (Å²) in [5.74, 6) is -8.29. The summed E-state index contributed by atoms with van der Waals surface area (Å²) in [4.78, 5) is 25.9. The molecule has 0 bridgehead atoms. The smallest absolute Gasteiger partial charge is 0.491 e. The quantitative estimate of drug-likeness (QED) is 0.136. The second-order valence-corrected chi connectivity index (χ2v) is 8.21. The number of hydrogen-bond acceptors (Lipinski definition) is 9. The number of benzene rings is 2. The highest BCUT2D eigenvalue weighted by molar-refractivity contribution is 6.05. The molecule has 0 spiro atoms. The number of hydrogen-bond donors (Lipinski definition) is 2. The van der Waals surface area contributed by atoms with Crippen LogP contribution in [0.5, 0.6) is 11.5 Å². The van der Waals surface area contributed by atoms with Crippen LogP contribution in [0.1, 0.15) is 30.6 Å². The average molecular weight is 572 g/mol. The van der Waals surface area contributed by atoms with E-state index in [4.69, 9.17) is 9.15 Å². The summed E-state index contributed by atoms with van der Waals surface area (Å²) in [6.07, 6.45) is -4.58. The van der Waals surface area contributed by atoms with Gasteiger partial charge in [0.1, 0.15) is 17.1 Å². The Kier molecular flexibility index (Phi) is 9.98. The van der Waals surface area contributed by atoms with Gasteiger partial charge in [0.25, 0.3) is 11.8 Å². The minimum atomic E-state index is -5.43. The number of aromatic nitrogens is 2. The zero-order valence-electron chi connectivity index (χ0n) is 21.7. The van der Waals surface area contributed by atoms with E-state index in [1.807, 2.05) is 0 Å². The summed E-state index contributed by atoms with van der Waals surface area (Å²) < 4.78 is 81.1. The molecule has 2 N–H and O–H groups in total. The lowest BCUT2D eigenvalue weighted by Gasteiger charge is -2.17. The highest BCUT2D eigenvalue weighted by atomic mass is 19.4. The Morgan fingerprint density at radius 2 is 1.77 bits per heavy atom. The lowest BCUT2D eigenvalue weighted by atomic mass is 10.1. The Bertz CT molecular complexity index is 1340. The Morgan fingerprint density at radius 3 is 2.42 bits per heavy atom. The number of amides is 1. The minimum Gasteiger partial charge on any atom is -0.496 e. The van der Waals surface area contributed by atoms with Crippen LogP contribution in [0.4, 0.5) is 33.7 Å². The van der Waals surface area contributed by atoms with E-state index in [-0.39, 0.29) is 23.3 Å². The lowest BCUT2D eigenvalue weighted by molar-refractivity contribution is -0.189. The predicted octanol–water partition coefficient (Wildman–Crippen LogP) is 4.89. The molecule has 0 aliphatic heterocycles. The van der Waals surface area contributed by atoms with Crippen molar-refractivity contribution >= 4 is 23.6 Å². The van der Waals surface area contributed by atoms with E-state index in [1.54, 1.807) is 0 Å². The highest BCUT2D eigenvalue weighted by Crippen LogP contribution is 2.33. The molecule has 0 fully saturated rings. The fraction of sp³-hybridized carbons (Fsp3) is 0.360. The summed E-state index contributed by atoms with van der Waals surface area (Å²) in [6.45, 7) is 7.57. The van der Waals surface area contributed by atoms with Crippen molar-refractivity contribution in [3.05, 3.63) is 47.5 Å². The largest absolute Gasteiger partial charge is 0.496 e. The van der Waals surface area contributed by atoms with Gasteiger partial charge in [0.05, 0.1) is 12.7 Å². The van der Waals surface area contributed by atoms with Crippen LogP contribution in [0, 0.1) is 11.6 Å². The predicted molar refractivity (Wildman–Crippen MR) is 133 cm³/mol. The number of carbonyl (C=O) groups excluding carboxylic acids is 2. The molecule has 0 atom stereocenters. The molecule has 0 aliphatic carbocycles. The molecule has 3 aromatic rings. The van der Waals surface area contributed by atoms with Gasteiger partial charge in [-0.1, -0.05) is 18.9 Å². The second-order valence-electron chi connectivity index (χ2n) is 8.21. The summed E-state index contributed by atoms with van der Waals surface area (Å²) in [5, 5.41) is 13.2. The first-order valence-electron chi connectivity index (χ1n) is 12.0.